The van der Waals surface area contributed by atoms with Gasteiger partial charge >= 0.3 is 0 Å². The molecule has 0 amide bonds. The quantitative estimate of drug-likeness (QED) is 0.542. The summed E-state index contributed by atoms with van der Waals surface area (Å²) in [7, 11) is 6.97. The number of rotatable bonds is 10. The van der Waals surface area contributed by atoms with Crippen molar-refractivity contribution < 1.29 is 14.3 Å². The molecule has 0 spiro atoms. The molecule has 0 saturated carbocycles. The summed E-state index contributed by atoms with van der Waals surface area (Å²) < 4.78 is 10.6. The number of anilines is 2. The maximum absolute atomic E-state index is 13.0. The first-order chi connectivity index (χ1) is 14.2. The van der Waals surface area contributed by atoms with Crippen molar-refractivity contribution in [2.75, 3.05) is 38.1 Å². The van der Waals surface area contributed by atoms with E-state index in [0.29, 0.717) is 11.9 Å². The molecule has 2 aromatic heterocycles. The third-order valence-corrected chi connectivity index (χ3v) is 5.57. The second-order valence-electron chi connectivity index (χ2n) is 7.37. The second kappa shape index (κ2) is 10.4. The van der Waals surface area contributed by atoms with Crippen LogP contribution in [0.5, 0.6) is 0 Å². The molecule has 4 atom stereocenters. The molecule has 9 heteroatoms. The van der Waals surface area contributed by atoms with Gasteiger partial charge in [0.05, 0.1) is 0 Å². The molecule has 2 aromatic rings. The van der Waals surface area contributed by atoms with Gasteiger partial charge in [-0.05, 0) is 25.0 Å². The third kappa shape index (κ3) is 5.28. The summed E-state index contributed by atoms with van der Waals surface area (Å²) in [6.45, 7) is 7.54. The first-order valence-electron chi connectivity index (χ1n) is 9.90. The lowest BCUT2D eigenvalue weighted by Gasteiger charge is -2.24. The van der Waals surface area contributed by atoms with Crippen LogP contribution in [0.3, 0.4) is 0 Å². The number of hydrogen-bond acceptors (Lipinski definition) is 9. The van der Waals surface area contributed by atoms with Gasteiger partial charge in [0.25, 0.3) is 0 Å². The summed E-state index contributed by atoms with van der Waals surface area (Å²) >= 11 is 0. The molecule has 0 aliphatic rings. The van der Waals surface area contributed by atoms with E-state index in [1.807, 2.05) is 51.6 Å². The van der Waals surface area contributed by atoms with Crippen molar-refractivity contribution in [3.63, 3.8) is 0 Å². The average Bonchev–Trinajstić information content (AvgIpc) is 2.80. The molecule has 164 valence electrons. The van der Waals surface area contributed by atoms with Crippen molar-refractivity contribution in [1.29, 1.82) is 0 Å². The SMILES string of the molecule is COC(C)N(C)c1ncc(C(C)C(=O)C(C)c2cnc(N(C)C(C)OC)nc2)cn1. The van der Waals surface area contributed by atoms with Crippen LogP contribution in [0.25, 0.3) is 0 Å². The molecule has 0 radical (unpaired) electrons. The molecule has 0 aliphatic heterocycles. The summed E-state index contributed by atoms with van der Waals surface area (Å²) in [6.07, 6.45) is 6.47. The van der Waals surface area contributed by atoms with Crippen LogP contribution in [0.15, 0.2) is 24.8 Å². The number of hydrogen-bond donors (Lipinski definition) is 0. The normalized spacial score (nSPS) is 15.2. The van der Waals surface area contributed by atoms with Crippen molar-refractivity contribution in [3.05, 3.63) is 35.9 Å². The molecule has 0 fully saturated rings. The highest BCUT2D eigenvalue weighted by molar-refractivity contribution is 5.90. The highest BCUT2D eigenvalue weighted by atomic mass is 16.5. The van der Waals surface area contributed by atoms with Gasteiger partial charge in [-0.3, -0.25) is 4.79 Å². The highest BCUT2D eigenvalue weighted by Crippen LogP contribution is 2.26. The van der Waals surface area contributed by atoms with Crippen LogP contribution in [-0.2, 0) is 14.3 Å². The zero-order chi connectivity index (χ0) is 22.4. The molecule has 9 nitrogen and oxygen atoms in total. The van der Waals surface area contributed by atoms with Gasteiger partial charge in [-0.15, -0.1) is 0 Å². The predicted octanol–water partition coefficient (Wildman–Crippen LogP) is 2.60. The lowest BCUT2D eigenvalue weighted by Crippen LogP contribution is -2.32. The summed E-state index contributed by atoms with van der Waals surface area (Å²) in [4.78, 5) is 34.2. The fourth-order valence-electron chi connectivity index (χ4n) is 2.82. The first kappa shape index (κ1) is 23.6. The van der Waals surface area contributed by atoms with Crippen molar-refractivity contribution in [2.24, 2.45) is 0 Å². The molecule has 2 rings (SSSR count). The minimum atomic E-state index is -0.352. The topological polar surface area (TPSA) is 93.6 Å². The van der Waals surface area contributed by atoms with E-state index in [2.05, 4.69) is 19.9 Å². The zero-order valence-corrected chi connectivity index (χ0v) is 19.0. The van der Waals surface area contributed by atoms with Crippen LogP contribution < -0.4 is 9.80 Å². The molecule has 0 saturated heterocycles. The maximum Gasteiger partial charge on any atom is 0.227 e. The van der Waals surface area contributed by atoms with Gasteiger partial charge in [0, 0.05) is 64.9 Å². The monoisotopic (exact) mass is 416 g/mol. The van der Waals surface area contributed by atoms with Crippen LogP contribution >= 0.6 is 0 Å². The van der Waals surface area contributed by atoms with E-state index < -0.39 is 0 Å². The summed E-state index contributed by atoms with van der Waals surface area (Å²) in [5, 5.41) is 0. The second-order valence-corrected chi connectivity index (χ2v) is 7.37. The van der Waals surface area contributed by atoms with E-state index in [0.717, 1.165) is 11.1 Å². The van der Waals surface area contributed by atoms with Gasteiger partial charge in [0.15, 0.2) is 0 Å². The third-order valence-electron chi connectivity index (χ3n) is 5.57. The van der Waals surface area contributed by atoms with Gasteiger partial charge in [0.2, 0.25) is 11.9 Å². The summed E-state index contributed by atoms with van der Waals surface area (Å²) in [5.74, 6) is 0.434. The molecule has 0 aromatic carbocycles. The van der Waals surface area contributed by atoms with Crippen LogP contribution in [0, 0.1) is 0 Å². The van der Waals surface area contributed by atoms with Crippen molar-refractivity contribution in [3.8, 4) is 0 Å². The Morgan fingerprint density at radius 3 is 1.30 bits per heavy atom. The standard InChI is InChI=1S/C21H32N6O3/c1-13(17-9-22-20(23-10-17)26(5)15(3)29-7)19(28)14(2)18-11-24-21(25-12-18)27(6)16(4)30-8/h9-16H,1-8H3. The average molecular weight is 417 g/mol. The molecule has 2 heterocycles. The van der Waals surface area contributed by atoms with E-state index in [1.54, 1.807) is 39.0 Å². The van der Waals surface area contributed by atoms with Gasteiger partial charge in [0.1, 0.15) is 18.2 Å². The Balaban J connectivity index is 2.10. The van der Waals surface area contributed by atoms with Crippen LogP contribution in [0.4, 0.5) is 11.9 Å². The number of ketones is 1. The summed E-state index contributed by atoms with van der Waals surface area (Å²) in [5.41, 5.74) is 1.53. The Kier molecular flexibility index (Phi) is 8.19. The van der Waals surface area contributed by atoms with Crippen molar-refractivity contribution in [2.45, 2.75) is 52.0 Å². The van der Waals surface area contributed by atoms with Crippen LogP contribution in [0.1, 0.15) is 50.7 Å². The minimum absolute atomic E-state index is 0.0555. The Morgan fingerprint density at radius 2 is 1.03 bits per heavy atom. The predicted molar refractivity (Wildman–Crippen MR) is 116 cm³/mol. The maximum atomic E-state index is 13.0. The zero-order valence-electron chi connectivity index (χ0n) is 19.0. The Bertz CT molecular complexity index is 747. The lowest BCUT2D eigenvalue weighted by atomic mass is 9.88. The molecule has 4 unspecified atom stereocenters. The van der Waals surface area contributed by atoms with E-state index in [1.165, 1.54) is 0 Å². The highest BCUT2D eigenvalue weighted by Gasteiger charge is 2.25. The van der Waals surface area contributed by atoms with Gasteiger partial charge < -0.3 is 19.3 Å². The van der Waals surface area contributed by atoms with Gasteiger partial charge in [-0.25, -0.2) is 19.9 Å². The van der Waals surface area contributed by atoms with Crippen molar-refractivity contribution >= 4 is 17.7 Å². The largest absolute Gasteiger partial charge is 0.362 e. The fourth-order valence-corrected chi connectivity index (χ4v) is 2.82. The molecule has 30 heavy (non-hydrogen) atoms. The van der Waals surface area contributed by atoms with E-state index >= 15 is 0 Å². The van der Waals surface area contributed by atoms with Crippen LogP contribution in [0.2, 0.25) is 0 Å². The minimum Gasteiger partial charge on any atom is -0.362 e. The number of nitrogens with zero attached hydrogens (tertiary/aromatic N) is 6. The van der Waals surface area contributed by atoms with Crippen molar-refractivity contribution in [1.82, 2.24) is 19.9 Å². The molecule has 0 bridgehead atoms. The Labute approximate surface area is 178 Å². The Hall–Kier alpha value is -2.65. The molecule has 0 N–H and O–H groups in total. The first-order valence-corrected chi connectivity index (χ1v) is 9.90. The van der Waals surface area contributed by atoms with E-state index in [4.69, 9.17) is 9.47 Å². The molecular formula is C21H32N6O3. The number of carbonyl (C=O) groups is 1. The number of carbonyl (C=O) groups excluding carboxylic acids is 1. The summed E-state index contributed by atoms with van der Waals surface area (Å²) in [6, 6.07) is 0. The van der Waals surface area contributed by atoms with E-state index in [-0.39, 0.29) is 30.1 Å². The molecular weight excluding hydrogens is 384 g/mol. The van der Waals surface area contributed by atoms with E-state index in [9.17, 15) is 4.79 Å². The van der Waals surface area contributed by atoms with Gasteiger partial charge in [-0.2, -0.15) is 0 Å². The van der Waals surface area contributed by atoms with Gasteiger partial charge in [-0.1, -0.05) is 13.8 Å². The number of methoxy groups -OCH3 is 2. The number of Topliss-reactive ketones (excluding diaryl/α,β-unsaturated/α-hetero) is 1. The smallest absolute Gasteiger partial charge is 0.227 e. The fraction of sp³-hybridized carbons (Fsp3) is 0.571. The number of aromatic nitrogens is 4. The van der Waals surface area contributed by atoms with Crippen LogP contribution in [-0.4, -0.2) is 66.5 Å². The number of ether oxygens (including phenoxy) is 2. The lowest BCUT2D eigenvalue weighted by molar-refractivity contribution is -0.121. The Morgan fingerprint density at radius 1 is 0.733 bits per heavy atom. The molecule has 0 aliphatic carbocycles.